The number of nitrogens with zero attached hydrogens (tertiary/aromatic N) is 2. The molecular formula is C19H23ClN2O4. The molecule has 26 heavy (non-hydrogen) atoms. The fourth-order valence-corrected chi connectivity index (χ4v) is 3.95. The lowest BCUT2D eigenvalue weighted by Crippen LogP contribution is -2.53. The maximum Gasteiger partial charge on any atom is 0.326 e. The number of piperidine rings is 2. The molecule has 2 atom stereocenters. The highest BCUT2D eigenvalue weighted by atomic mass is 35.5. The summed E-state index contributed by atoms with van der Waals surface area (Å²) in [4.78, 5) is 40.3. The van der Waals surface area contributed by atoms with Gasteiger partial charge in [0.2, 0.25) is 5.91 Å². The maximum absolute atomic E-state index is 12.9. The number of benzene rings is 1. The van der Waals surface area contributed by atoms with Gasteiger partial charge in [-0.1, -0.05) is 11.6 Å². The maximum atomic E-state index is 12.9. The Morgan fingerprint density at radius 1 is 1.00 bits per heavy atom. The monoisotopic (exact) mass is 378 g/mol. The summed E-state index contributed by atoms with van der Waals surface area (Å²) < 4.78 is 0. The highest BCUT2D eigenvalue weighted by molar-refractivity contribution is 6.30. The first-order valence-corrected chi connectivity index (χ1v) is 9.43. The van der Waals surface area contributed by atoms with Crippen molar-refractivity contribution in [2.45, 2.75) is 38.1 Å². The van der Waals surface area contributed by atoms with Crippen LogP contribution in [0.3, 0.4) is 0 Å². The van der Waals surface area contributed by atoms with Crippen molar-refractivity contribution < 1.29 is 19.5 Å². The average Bonchev–Trinajstić information content (AvgIpc) is 2.67. The van der Waals surface area contributed by atoms with Crippen molar-refractivity contribution in [3.8, 4) is 0 Å². The minimum absolute atomic E-state index is 0.118. The molecular weight excluding hydrogens is 356 g/mol. The topological polar surface area (TPSA) is 77.9 Å². The molecule has 7 heteroatoms. The third kappa shape index (κ3) is 4.01. The first-order valence-electron chi connectivity index (χ1n) is 9.05. The second kappa shape index (κ2) is 8.08. The number of carbonyl (C=O) groups excluding carboxylic acids is 2. The summed E-state index contributed by atoms with van der Waals surface area (Å²) in [6.07, 6.45) is 3.58. The van der Waals surface area contributed by atoms with Crippen LogP contribution in [0.4, 0.5) is 0 Å². The molecule has 0 bridgehead atoms. The molecule has 3 rings (SSSR count). The van der Waals surface area contributed by atoms with E-state index in [0.29, 0.717) is 43.1 Å². The van der Waals surface area contributed by atoms with Crippen LogP contribution < -0.4 is 0 Å². The van der Waals surface area contributed by atoms with Crippen LogP contribution in [-0.2, 0) is 9.59 Å². The van der Waals surface area contributed by atoms with Crippen LogP contribution in [0, 0.1) is 5.92 Å². The summed E-state index contributed by atoms with van der Waals surface area (Å²) in [7, 11) is 0. The Hall–Kier alpha value is -2.08. The minimum atomic E-state index is -0.942. The lowest BCUT2D eigenvalue weighted by Gasteiger charge is -2.38. The fourth-order valence-electron chi connectivity index (χ4n) is 3.82. The van der Waals surface area contributed by atoms with Gasteiger partial charge in [-0.25, -0.2) is 4.79 Å². The van der Waals surface area contributed by atoms with Crippen molar-refractivity contribution in [3.05, 3.63) is 34.9 Å². The van der Waals surface area contributed by atoms with Crippen LogP contribution in [0.1, 0.15) is 42.5 Å². The number of hydrogen-bond donors (Lipinski definition) is 1. The summed E-state index contributed by atoms with van der Waals surface area (Å²) in [6.45, 7) is 1.42. The third-order valence-electron chi connectivity index (χ3n) is 5.22. The molecule has 0 aromatic heterocycles. The second-order valence-corrected chi connectivity index (χ2v) is 7.42. The molecule has 140 valence electrons. The van der Waals surface area contributed by atoms with Gasteiger partial charge in [0.25, 0.3) is 5.91 Å². The van der Waals surface area contributed by atoms with E-state index in [0.717, 1.165) is 19.3 Å². The van der Waals surface area contributed by atoms with E-state index in [1.165, 1.54) is 4.90 Å². The largest absolute Gasteiger partial charge is 0.480 e. The van der Waals surface area contributed by atoms with Crippen LogP contribution in [0.15, 0.2) is 24.3 Å². The Balaban J connectivity index is 1.69. The minimum Gasteiger partial charge on any atom is -0.480 e. The standard InChI is InChI=1S/C19H23ClN2O4/c20-15-8-6-13(7-9-15)17(23)21-10-3-4-14(12-21)18(24)22-11-2-1-5-16(22)19(25)26/h6-9,14,16H,1-5,10-12H2,(H,25,26)/t14?,16-/m1/s1. The number of likely N-dealkylation sites (tertiary alicyclic amines) is 2. The SMILES string of the molecule is O=C(O)[C@H]1CCCCN1C(=O)C1CCCN(C(=O)c2ccc(Cl)cc2)C1. The Morgan fingerprint density at radius 2 is 1.73 bits per heavy atom. The van der Waals surface area contributed by atoms with E-state index in [1.54, 1.807) is 29.2 Å². The summed E-state index contributed by atoms with van der Waals surface area (Å²) in [5, 5.41) is 9.97. The quantitative estimate of drug-likeness (QED) is 0.877. The summed E-state index contributed by atoms with van der Waals surface area (Å²) in [6, 6.07) is 5.97. The van der Waals surface area contributed by atoms with Crippen LogP contribution in [0.5, 0.6) is 0 Å². The van der Waals surface area contributed by atoms with Crippen LogP contribution in [-0.4, -0.2) is 58.4 Å². The van der Waals surface area contributed by atoms with Gasteiger partial charge in [-0.3, -0.25) is 9.59 Å². The van der Waals surface area contributed by atoms with E-state index >= 15 is 0 Å². The molecule has 2 fully saturated rings. The molecule has 0 saturated carbocycles. The number of halogens is 1. The van der Waals surface area contributed by atoms with Gasteiger partial charge < -0.3 is 14.9 Å². The molecule has 2 aliphatic rings. The lowest BCUT2D eigenvalue weighted by atomic mass is 9.93. The predicted molar refractivity (Wildman–Crippen MR) is 97.1 cm³/mol. The molecule has 2 aliphatic heterocycles. The molecule has 1 unspecified atom stereocenters. The van der Waals surface area contributed by atoms with E-state index in [9.17, 15) is 19.5 Å². The van der Waals surface area contributed by atoms with Gasteiger partial charge in [0.05, 0.1) is 5.92 Å². The Kier molecular flexibility index (Phi) is 5.81. The van der Waals surface area contributed by atoms with Gasteiger partial charge in [-0.2, -0.15) is 0 Å². The average molecular weight is 379 g/mol. The normalized spacial score (nSPS) is 23.6. The molecule has 2 heterocycles. The first kappa shape index (κ1) is 18.7. The summed E-state index contributed by atoms with van der Waals surface area (Å²) >= 11 is 5.87. The Labute approximate surface area is 157 Å². The first-order chi connectivity index (χ1) is 12.5. The van der Waals surface area contributed by atoms with Crippen molar-refractivity contribution in [2.24, 2.45) is 5.92 Å². The number of carboxylic acids is 1. The van der Waals surface area contributed by atoms with Crippen LogP contribution in [0.2, 0.25) is 5.02 Å². The van der Waals surface area contributed by atoms with Crippen molar-refractivity contribution in [1.82, 2.24) is 9.80 Å². The lowest BCUT2D eigenvalue weighted by molar-refractivity contribution is -0.154. The Bertz CT molecular complexity index is 691. The molecule has 1 N–H and O–H groups in total. The molecule has 2 saturated heterocycles. The van der Waals surface area contributed by atoms with E-state index in [2.05, 4.69) is 0 Å². The number of carbonyl (C=O) groups is 3. The van der Waals surface area contributed by atoms with Crippen molar-refractivity contribution in [2.75, 3.05) is 19.6 Å². The zero-order valence-electron chi connectivity index (χ0n) is 14.6. The van der Waals surface area contributed by atoms with Gasteiger partial charge in [0.1, 0.15) is 6.04 Å². The zero-order chi connectivity index (χ0) is 18.7. The number of hydrogen-bond acceptors (Lipinski definition) is 3. The zero-order valence-corrected chi connectivity index (χ0v) is 15.3. The van der Waals surface area contributed by atoms with E-state index in [4.69, 9.17) is 11.6 Å². The van der Waals surface area contributed by atoms with Gasteiger partial charge in [-0.05, 0) is 56.4 Å². The number of aliphatic carboxylic acids is 1. The molecule has 0 radical (unpaired) electrons. The van der Waals surface area contributed by atoms with Gasteiger partial charge in [0, 0.05) is 30.2 Å². The highest BCUT2D eigenvalue weighted by Gasteiger charge is 2.37. The third-order valence-corrected chi connectivity index (χ3v) is 5.47. The molecule has 1 aromatic carbocycles. The number of carboxylic acid groups (broad SMARTS) is 1. The van der Waals surface area contributed by atoms with Gasteiger partial charge in [0.15, 0.2) is 0 Å². The number of amides is 2. The second-order valence-electron chi connectivity index (χ2n) is 6.98. The predicted octanol–water partition coefficient (Wildman–Crippen LogP) is 2.66. The highest BCUT2D eigenvalue weighted by Crippen LogP contribution is 2.25. The van der Waals surface area contributed by atoms with Crippen molar-refractivity contribution in [3.63, 3.8) is 0 Å². The van der Waals surface area contributed by atoms with E-state index in [1.807, 2.05) is 0 Å². The van der Waals surface area contributed by atoms with E-state index in [-0.39, 0.29) is 17.7 Å². The molecule has 1 aromatic rings. The van der Waals surface area contributed by atoms with Gasteiger partial charge in [-0.15, -0.1) is 0 Å². The smallest absolute Gasteiger partial charge is 0.326 e. The fraction of sp³-hybridized carbons (Fsp3) is 0.526. The molecule has 0 spiro atoms. The summed E-state index contributed by atoms with van der Waals surface area (Å²) in [5.41, 5.74) is 0.545. The molecule has 6 nitrogen and oxygen atoms in total. The molecule has 2 amide bonds. The van der Waals surface area contributed by atoms with Crippen molar-refractivity contribution >= 4 is 29.4 Å². The van der Waals surface area contributed by atoms with Crippen molar-refractivity contribution in [1.29, 1.82) is 0 Å². The summed E-state index contributed by atoms with van der Waals surface area (Å²) in [5.74, 6) is -1.53. The Morgan fingerprint density at radius 3 is 2.42 bits per heavy atom. The number of rotatable bonds is 3. The van der Waals surface area contributed by atoms with Crippen LogP contribution in [0.25, 0.3) is 0 Å². The molecule has 0 aliphatic carbocycles. The van der Waals surface area contributed by atoms with Crippen LogP contribution >= 0.6 is 11.6 Å². The van der Waals surface area contributed by atoms with E-state index < -0.39 is 12.0 Å². The van der Waals surface area contributed by atoms with Gasteiger partial charge >= 0.3 is 5.97 Å².